The van der Waals surface area contributed by atoms with Crippen molar-refractivity contribution in [3.8, 4) is 22.8 Å². The Kier molecular flexibility index (Phi) is 6.73. The van der Waals surface area contributed by atoms with Gasteiger partial charge in [0.05, 0.1) is 19.4 Å². The van der Waals surface area contributed by atoms with Crippen molar-refractivity contribution in [3.05, 3.63) is 59.8 Å². The van der Waals surface area contributed by atoms with Gasteiger partial charge in [0.25, 0.3) is 0 Å². The zero-order valence-corrected chi connectivity index (χ0v) is 19.2. The maximum atomic E-state index is 14.7. The number of hydrogen-bond donors (Lipinski definition) is 2. The summed E-state index contributed by atoms with van der Waals surface area (Å²) in [6.45, 7) is 0.744. The number of hydrogen-bond acceptors (Lipinski definition) is 7. The Morgan fingerprint density at radius 3 is 2.64 bits per heavy atom. The summed E-state index contributed by atoms with van der Waals surface area (Å²) in [5, 5.41) is 3.10. The van der Waals surface area contributed by atoms with Crippen molar-refractivity contribution in [1.29, 1.82) is 4.78 Å². The first-order valence-corrected chi connectivity index (χ1v) is 12.6. The molecule has 0 saturated heterocycles. The highest BCUT2D eigenvalue weighted by molar-refractivity contribution is 7.93. The van der Waals surface area contributed by atoms with Gasteiger partial charge in [-0.2, -0.15) is 4.98 Å². The minimum absolute atomic E-state index is 0.234. The van der Waals surface area contributed by atoms with Crippen molar-refractivity contribution in [2.24, 2.45) is 4.36 Å². The second-order valence-corrected chi connectivity index (χ2v) is 10.5. The number of fused-ring (bicyclic) bond motifs is 6. The summed E-state index contributed by atoms with van der Waals surface area (Å²) in [7, 11) is -0.251. The number of anilines is 2. The standard InChI is InChI=1S/C23H25F2N5O2S/c1-27-33(2,26)14-15-9-22-29-21-12-18(19(25)13-28-21)17-6-5-16(24)11-20(17)31-7-3-4-8-32-23(10-15)30-22/h5-6,9-13,26H,3-4,7-8,14H2,1-2H3,(H,28,29,30). The molecule has 4 rings (SSSR count). The average Bonchev–Trinajstić information content (AvgIpc) is 2.77. The van der Waals surface area contributed by atoms with E-state index in [0.717, 1.165) is 11.8 Å². The number of nitrogens with zero attached hydrogens (tertiary/aromatic N) is 3. The lowest BCUT2D eigenvalue weighted by molar-refractivity contribution is 0.261. The van der Waals surface area contributed by atoms with E-state index in [0.29, 0.717) is 54.9 Å². The van der Waals surface area contributed by atoms with Crippen molar-refractivity contribution in [2.45, 2.75) is 18.6 Å². The van der Waals surface area contributed by atoms with Crippen LogP contribution in [0.15, 0.2) is 47.0 Å². The molecule has 0 radical (unpaired) electrons. The van der Waals surface area contributed by atoms with Crippen LogP contribution in [0.25, 0.3) is 11.1 Å². The summed E-state index contributed by atoms with van der Waals surface area (Å²) >= 11 is 0. The molecule has 0 spiro atoms. The molecule has 10 heteroatoms. The summed E-state index contributed by atoms with van der Waals surface area (Å²) in [6.07, 6.45) is 4.26. The van der Waals surface area contributed by atoms with Crippen LogP contribution in [0.1, 0.15) is 18.4 Å². The average molecular weight is 474 g/mol. The maximum absolute atomic E-state index is 14.7. The molecule has 1 unspecified atom stereocenters. The number of aromatic nitrogens is 2. The zero-order valence-electron chi connectivity index (χ0n) is 18.4. The zero-order chi connectivity index (χ0) is 23.4. The fourth-order valence-corrected chi connectivity index (χ4v) is 4.36. The molecule has 1 aliphatic heterocycles. The summed E-state index contributed by atoms with van der Waals surface area (Å²) in [5.41, 5.74) is 1.53. The predicted octanol–water partition coefficient (Wildman–Crippen LogP) is 5.58. The number of pyridine rings is 2. The summed E-state index contributed by atoms with van der Waals surface area (Å²) < 4.78 is 52.8. The molecule has 1 aromatic carbocycles. The fraction of sp³-hybridized carbons (Fsp3) is 0.304. The van der Waals surface area contributed by atoms with Gasteiger partial charge in [0.1, 0.15) is 29.0 Å². The first-order valence-electron chi connectivity index (χ1n) is 10.4. The van der Waals surface area contributed by atoms with Gasteiger partial charge in [-0.1, -0.05) is 9.62 Å². The van der Waals surface area contributed by atoms with Gasteiger partial charge in [-0.25, -0.2) is 13.8 Å². The van der Waals surface area contributed by atoms with Crippen LogP contribution < -0.4 is 14.8 Å². The SMILES string of the molecule is CN=S(C)(=N)Cc1cc2nc(c1)OCCCCOc1cc(F)ccc1-c1cc(ncc1F)N2. The highest BCUT2D eigenvalue weighted by Gasteiger charge is 2.15. The third-order valence-electron chi connectivity index (χ3n) is 5.10. The molecule has 2 aromatic heterocycles. The lowest BCUT2D eigenvalue weighted by Crippen LogP contribution is -2.06. The molecule has 0 fully saturated rings. The lowest BCUT2D eigenvalue weighted by atomic mass is 10.0. The van der Waals surface area contributed by atoms with Gasteiger partial charge in [-0.15, -0.1) is 0 Å². The number of ether oxygens (including phenoxy) is 2. The fourth-order valence-electron chi connectivity index (χ4n) is 3.42. The van der Waals surface area contributed by atoms with Crippen molar-refractivity contribution >= 4 is 21.3 Å². The second-order valence-electron chi connectivity index (χ2n) is 7.78. The lowest BCUT2D eigenvalue weighted by Gasteiger charge is -2.14. The Balaban J connectivity index is 1.78. The largest absolute Gasteiger partial charge is 0.493 e. The summed E-state index contributed by atoms with van der Waals surface area (Å²) in [4.78, 5) is 8.63. The molecule has 0 saturated carbocycles. The van der Waals surface area contributed by atoms with E-state index < -0.39 is 21.3 Å². The summed E-state index contributed by atoms with van der Waals surface area (Å²) in [5.74, 6) is 0.945. The maximum Gasteiger partial charge on any atom is 0.215 e. The minimum atomic E-state index is -1.90. The molecular formula is C23H25F2N5O2S. The smallest absolute Gasteiger partial charge is 0.215 e. The first-order chi connectivity index (χ1) is 15.8. The van der Waals surface area contributed by atoms with E-state index in [1.54, 1.807) is 7.05 Å². The Hall–Kier alpha value is -3.27. The molecule has 0 amide bonds. The van der Waals surface area contributed by atoms with E-state index in [-0.39, 0.29) is 11.3 Å². The van der Waals surface area contributed by atoms with Crippen LogP contribution in [0.3, 0.4) is 0 Å². The molecular weight excluding hydrogens is 448 g/mol. The minimum Gasteiger partial charge on any atom is -0.493 e. The van der Waals surface area contributed by atoms with Crippen LogP contribution in [-0.4, -0.2) is 36.5 Å². The van der Waals surface area contributed by atoms with Gasteiger partial charge < -0.3 is 14.8 Å². The number of benzene rings is 1. The number of nitrogens with one attached hydrogen (secondary N) is 2. The molecule has 2 N–H and O–H groups in total. The van der Waals surface area contributed by atoms with Crippen molar-refractivity contribution in [1.82, 2.24) is 9.97 Å². The number of rotatable bonds is 2. The van der Waals surface area contributed by atoms with Crippen LogP contribution >= 0.6 is 0 Å². The summed E-state index contributed by atoms with van der Waals surface area (Å²) in [6, 6.07) is 9.18. The van der Waals surface area contributed by atoms with Gasteiger partial charge in [-0.05, 0) is 42.7 Å². The highest BCUT2D eigenvalue weighted by Crippen LogP contribution is 2.34. The first kappa shape index (κ1) is 22.9. The normalized spacial score (nSPS) is 15.4. The van der Waals surface area contributed by atoms with Gasteiger partial charge in [0, 0.05) is 42.3 Å². The molecule has 4 bridgehead atoms. The van der Waals surface area contributed by atoms with Crippen LogP contribution in [-0.2, 0) is 15.4 Å². The van der Waals surface area contributed by atoms with E-state index in [1.807, 2.05) is 18.4 Å². The van der Waals surface area contributed by atoms with E-state index in [1.165, 1.54) is 24.3 Å². The monoisotopic (exact) mass is 473 g/mol. The van der Waals surface area contributed by atoms with Crippen molar-refractivity contribution < 1.29 is 18.3 Å². The van der Waals surface area contributed by atoms with Gasteiger partial charge >= 0.3 is 0 Å². The van der Waals surface area contributed by atoms with Gasteiger partial charge in [-0.3, -0.25) is 9.14 Å². The second kappa shape index (κ2) is 9.70. The molecule has 1 aliphatic rings. The Morgan fingerprint density at radius 1 is 1.06 bits per heavy atom. The van der Waals surface area contributed by atoms with Gasteiger partial charge in [0.15, 0.2) is 0 Å². The van der Waals surface area contributed by atoms with Crippen molar-refractivity contribution in [3.63, 3.8) is 0 Å². The van der Waals surface area contributed by atoms with E-state index >= 15 is 0 Å². The molecule has 7 nitrogen and oxygen atoms in total. The molecule has 33 heavy (non-hydrogen) atoms. The predicted molar refractivity (Wildman–Crippen MR) is 125 cm³/mol. The molecule has 0 aliphatic carbocycles. The topological polar surface area (TPSA) is 92.5 Å². The van der Waals surface area contributed by atoms with Crippen LogP contribution in [0.5, 0.6) is 11.6 Å². The van der Waals surface area contributed by atoms with Crippen LogP contribution in [0.2, 0.25) is 0 Å². The Labute approximate surface area is 191 Å². The van der Waals surface area contributed by atoms with E-state index in [4.69, 9.17) is 14.3 Å². The molecule has 1 atom stereocenters. The van der Waals surface area contributed by atoms with E-state index in [2.05, 4.69) is 19.6 Å². The Morgan fingerprint density at radius 2 is 1.85 bits per heavy atom. The molecule has 174 valence electrons. The van der Waals surface area contributed by atoms with E-state index in [9.17, 15) is 8.78 Å². The Bertz CT molecular complexity index is 1290. The third-order valence-corrected chi connectivity index (χ3v) is 6.81. The molecule has 3 heterocycles. The van der Waals surface area contributed by atoms with Gasteiger partial charge in [0.2, 0.25) is 5.88 Å². The third kappa shape index (κ3) is 5.75. The quantitative estimate of drug-likeness (QED) is 0.507. The highest BCUT2D eigenvalue weighted by atomic mass is 32.2. The van der Waals surface area contributed by atoms with Crippen LogP contribution in [0.4, 0.5) is 20.4 Å². The van der Waals surface area contributed by atoms with Crippen LogP contribution in [0, 0.1) is 16.4 Å². The van der Waals surface area contributed by atoms with Crippen molar-refractivity contribution in [2.75, 3.05) is 31.8 Å². The number of halogens is 2. The molecule has 3 aromatic rings.